The summed E-state index contributed by atoms with van der Waals surface area (Å²) in [4.78, 5) is 18.5. The van der Waals surface area contributed by atoms with E-state index in [9.17, 15) is 4.79 Å². The first-order valence-corrected chi connectivity index (χ1v) is 8.25. The van der Waals surface area contributed by atoms with Crippen molar-refractivity contribution in [2.75, 3.05) is 13.1 Å². The zero-order valence-electron chi connectivity index (χ0n) is 14.1. The zero-order chi connectivity index (χ0) is 16.4. The molecule has 122 valence electrons. The lowest BCUT2D eigenvalue weighted by molar-refractivity contribution is 0.0205. The summed E-state index contributed by atoms with van der Waals surface area (Å²) in [5.74, 6) is 0.464. The third kappa shape index (κ3) is 3.81. The van der Waals surface area contributed by atoms with Gasteiger partial charge in [0.25, 0.3) is 0 Å². The van der Waals surface area contributed by atoms with E-state index in [1.807, 2.05) is 50.1 Å². The predicted molar refractivity (Wildman–Crippen MR) is 91.5 cm³/mol. The highest BCUT2D eigenvalue weighted by Crippen LogP contribution is 2.29. The number of para-hydroxylation sites is 1. The molecule has 1 fully saturated rings. The molecule has 1 saturated heterocycles. The van der Waals surface area contributed by atoms with Crippen LogP contribution in [-0.2, 0) is 4.74 Å². The molecule has 4 heteroatoms. The monoisotopic (exact) mass is 312 g/mol. The number of nitrogens with zero attached hydrogens (tertiary/aromatic N) is 2. The molecule has 1 aliphatic rings. The first-order valence-electron chi connectivity index (χ1n) is 8.25. The maximum absolute atomic E-state index is 12.1. The Kier molecular flexibility index (Phi) is 4.24. The summed E-state index contributed by atoms with van der Waals surface area (Å²) >= 11 is 0. The van der Waals surface area contributed by atoms with Crippen LogP contribution in [0, 0.1) is 0 Å². The van der Waals surface area contributed by atoms with Crippen LogP contribution < -0.4 is 0 Å². The Morgan fingerprint density at radius 3 is 2.61 bits per heavy atom. The molecule has 4 nitrogen and oxygen atoms in total. The van der Waals surface area contributed by atoms with Gasteiger partial charge >= 0.3 is 6.09 Å². The Morgan fingerprint density at radius 2 is 1.91 bits per heavy atom. The topological polar surface area (TPSA) is 42.4 Å². The van der Waals surface area contributed by atoms with Gasteiger partial charge in [-0.05, 0) is 57.2 Å². The number of piperidine rings is 1. The van der Waals surface area contributed by atoms with Gasteiger partial charge in [-0.3, -0.25) is 4.98 Å². The largest absolute Gasteiger partial charge is 0.444 e. The number of likely N-dealkylation sites (tertiary alicyclic amines) is 1. The minimum atomic E-state index is -0.434. The van der Waals surface area contributed by atoms with Gasteiger partial charge in [-0.2, -0.15) is 0 Å². The summed E-state index contributed by atoms with van der Waals surface area (Å²) < 4.78 is 5.45. The third-order valence-electron chi connectivity index (χ3n) is 4.23. The number of carbonyl (C=O) groups excluding carboxylic acids is 1. The summed E-state index contributed by atoms with van der Waals surface area (Å²) in [6, 6.07) is 10.4. The summed E-state index contributed by atoms with van der Waals surface area (Å²) in [6.07, 6.45) is 3.70. The Hall–Kier alpha value is -2.10. The van der Waals surface area contributed by atoms with Crippen LogP contribution in [0.3, 0.4) is 0 Å². The molecule has 0 spiro atoms. The van der Waals surface area contributed by atoms with Crippen molar-refractivity contribution in [3.8, 4) is 0 Å². The molecular weight excluding hydrogens is 288 g/mol. The molecule has 0 aliphatic carbocycles. The van der Waals surface area contributed by atoms with Gasteiger partial charge in [0, 0.05) is 24.7 Å². The fraction of sp³-hybridized carbons (Fsp3) is 0.474. The number of ether oxygens (including phenoxy) is 1. The molecule has 1 aromatic heterocycles. The number of hydrogen-bond acceptors (Lipinski definition) is 3. The molecule has 0 unspecified atom stereocenters. The first-order chi connectivity index (χ1) is 10.9. The van der Waals surface area contributed by atoms with Gasteiger partial charge in [0.2, 0.25) is 0 Å². The summed E-state index contributed by atoms with van der Waals surface area (Å²) in [7, 11) is 0. The molecule has 0 N–H and O–H groups in total. The van der Waals surface area contributed by atoms with Crippen molar-refractivity contribution in [1.82, 2.24) is 9.88 Å². The standard InChI is InChI=1S/C19H24N2O2/c1-19(2,3)23-18(22)21-10-8-14(9-11-21)16-12-15-6-4-5-7-17(15)20-13-16/h4-7,12-14H,8-11H2,1-3H3. The normalized spacial score (nSPS) is 16.6. The van der Waals surface area contributed by atoms with E-state index < -0.39 is 5.60 Å². The summed E-state index contributed by atoms with van der Waals surface area (Å²) in [5, 5.41) is 1.18. The molecule has 1 aromatic carbocycles. The molecule has 3 rings (SSSR count). The molecule has 2 aromatic rings. The van der Waals surface area contributed by atoms with Crippen molar-refractivity contribution >= 4 is 17.0 Å². The van der Waals surface area contributed by atoms with Crippen molar-refractivity contribution in [3.63, 3.8) is 0 Å². The van der Waals surface area contributed by atoms with Crippen molar-refractivity contribution in [1.29, 1.82) is 0 Å². The van der Waals surface area contributed by atoms with Crippen molar-refractivity contribution in [2.45, 2.75) is 45.1 Å². The van der Waals surface area contributed by atoms with Crippen LogP contribution in [-0.4, -0.2) is 34.7 Å². The molecule has 0 bridgehead atoms. The van der Waals surface area contributed by atoms with E-state index >= 15 is 0 Å². The maximum atomic E-state index is 12.1. The Balaban J connectivity index is 1.65. The van der Waals surface area contributed by atoms with Gasteiger partial charge in [-0.1, -0.05) is 18.2 Å². The highest BCUT2D eigenvalue weighted by atomic mass is 16.6. The SMILES string of the molecule is CC(C)(C)OC(=O)N1CCC(c2cnc3ccccc3c2)CC1. The van der Waals surface area contributed by atoms with Gasteiger partial charge in [0.05, 0.1) is 5.52 Å². The van der Waals surface area contributed by atoms with Crippen molar-refractivity contribution < 1.29 is 9.53 Å². The molecule has 2 heterocycles. The van der Waals surface area contributed by atoms with Crippen LogP contribution in [0.1, 0.15) is 45.1 Å². The van der Waals surface area contributed by atoms with Crippen LogP contribution >= 0.6 is 0 Å². The summed E-state index contributed by atoms with van der Waals surface area (Å²) in [6.45, 7) is 7.19. The van der Waals surface area contributed by atoms with Gasteiger partial charge < -0.3 is 9.64 Å². The van der Waals surface area contributed by atoms with E-state index in [4.69, 9.17) is 4.74 Å². The van der Waals surface area contributed by atoms with Gasteiger partial charge in [-0.25, -0.2) is 4.79 Å². The highest BCUT2D eigenvalue weighted by molar-refractivity contribution is 5.78. The first kappa shape index (κ1) is 15.8. The van der Waals surface area contributed by atoms with Crippen molar-refractivity contribution in [2.24, 2.45) is 0 Å². The minimum Gasteiger partial charge on any atom is -0.444 e. The molecule has 1 amide bonds. The van der Waals surface area contributed by atoms with E-state index in [0.717, 1.165) is 31.4 Å². The lowest BCUT2D eigenvalue weighted by atomic mass is 9.90. The quantitative estimate of drug-likeness (QED) is 0.786. The number of rotatable bonds is 1. The second-order valence-electron chi connectivity index (χ2n) is 7.20. The maximum Gasteiger partial charge on any atom is 0.410 e. The van der Waals surface area contributed by atoms with E-state index in [0.29, 0.717) is 5.92 Å². The number of fused-ring (bicyclic) bond motifs is 1. The lowest BCUT2D eigenvalue weighted by Crippen LogP contribution is -2.41. The van der Waals surface area contributed by atoms with E-state index in [1.165, 1.54) is 10.9 Å². The smallest absolute Gasteiger partial charge is 0.410 e. The summed E-state index contributed by atoms with van der Waals surface area (Å²) in [5.41, 5.74) is 1.87. The molecule has 0 radical (unpaired) electrons. The molecule has 0 atom stereocenters. The van der Waals surface area contributed by atoms with Crippen LogP contribution in [0.15, 0.2) is 36.5 Å². The van der Waals surface area contributed by atoms with Crippen LogP contribution in [0.4, 0.5) is 4.79 Å². The second-order valence-corrected chi connectivity index (χ2v) is 7.20. The van der Waals surface area contributed by atoms with Crippen molar-refractivity contribution in [3.05, 3.63) is 42.1 Å². The van der Waals surface area contributed by atoms with Crippen LogP contribution in [0.5, 0.6) is 0 Å². The minimum absolute atomic E-state index is 0.201. The van der Waals surface area contributed by atoms with Gasteiger partial charge in [0.1, 0.15) is 5.60 Å². The number of benzene rings is 1. The second kappa shape index (κ2) is 6.19. The van der Waals surface area contributed by atoms with E-state index in [-0.39, 0.29) is 6.09 Å². The van der Waals surface area contributed by atoms with E-state index in [2.05, 4.69) is 17.1 Å². The third-order valence-corrected chi connectivity index (χ3v) is 4.23. The molecule has 1 aliphatic heterocycles. The zero-order valence-corrected chi connectivity index (χ0v) is 14.1. The number of aromatic nitrogens is 1. The highest BCUT2D eigenvalue weighted by Gasteiger charge is 2.27. The Bertz CT molecular complexity index is 698. The number of pyridine rings is 1. The van der Waals surface area contributed by atoms with Crippen LogP contribution in [0.2, 0.25) is 0 Å². The number of amides is 1. The molecule has 0 saturated carbocycles. The number of hydrogen-bond donors (Lipinski definition) is 0. The average molecular weight is 312 g/mol. The fourth-order valence-corrected chi connectivity index (χ4v) is 3.03. The number of carbonyl (C=O) groups is 1. The predicted octanol–water partition coefficient (Wildman–Crippen LogP) is 4.35. The Morgan fingerprint density at radius 1 is 1.22 bits per heavy atom. The molecular formula is C19H24N2O2. The fourth-order valence-electron chi connectivity index (χ4n) is 3.03. The van der Waals surface area contributed by atoms with Gasteiger partial charge in [-0.15, -0.1) is 0 Å². The average Bonchev–Trinajstić information content (AvgIpc) is 2.53. The molecule has 23 heavy (non-hydrogen) atoms. The Labute approximate surface area is 137 Å². The van der Waals surface area contributed by atoms with Gasteiger partial charge in [0.15, 0.2) is 0 Å². The lowest BCUT2D eigenvalue weighted by Gasteiger charge is -2.33. The van der Waals surface area contributed by atoms with E-state index in [1.54, 1.807) is 0 Å². The van der Waals surface area contributed by atoms with Crippen LogP contribution in [0.25, 0.3) is 10.9 Å².